The number of nitro groups is 1. The SMILES string of the molecule is Cc1c(NC(=O)O)cccc1C(c1c[nH]c2cc(Br)ccc12)C(C)[N+](=O)[O-]. The molecule has 0 saturated carbocycles. The van der Waals surface area contributed by atoms with Crippen molar-refractivity contribution in [3.63, 3.8) is 0 Å². The first-order valence-electron chi connectivity index (χ1n) is 8.29. The third-order valence-corrected chi connectivity index (χ3v) is 5.27. The molecule has 27 heavy (non-hydrogen) atoms. The number of carbonyl (C=O) groups is 1. The van der Waals surface area contributed by atoms with Crippen molar-refractivity contribution in [1.29, 1.82) is 0 Å². The number of nitrogens with one attached hydrogen (secondary N) is 2. The van der Waals surface area contributed by atoms with E-state index in [9.17, 15) is 14.9 Å². The molecule has 1 heterocycles. The van der Waals surface area contributed by atoms with Crippen LogP contribution in [0.15, 0.2) is 47.1 Å². The van der Waals surface area contributed by atoms with Crippen LogP contribution in [0.2, 0.25) is 0 Å². The monoisotopic (exact) mass is 431 g/mol. The molecule has 1 amide bonds. The van der Waals surface area contributed by atoms with E-state index in [1.807, 2.05) is 24.3 Å². The molecule has 8 heteroatoms. The third kappa shape index (κ3) is 3.66. The van der Waals surface area contributed by atoms with Gasteiger partial charge in [-0.25, -0.2) is 4.79 Å². The van der Waals surface area contributed by atoms with E-state index in [0.717, 1.165) is 20.9 Å². The molecule has 0 radical (unpaired) electrons. The quantitative estimate of drug-likeness (QED) is 0.384. The summed E-state index contributed by atoms with van der Waals surface area (Å²) in [5, 5.41) is 23.9. The molecule has 2 atom stereocenters. The minimum absolute atomic E-state index is 0.306. The van der Waals surface area contributed by atoms with Gasteiger partial charge in [-0.3, -0.25) is 15.4 Å². The van der Waals surface area contributed by atoms with Gasteiger partial charge in [-0.1, -0.05) is 34.1 Å². The summed E-state index contributed by atoms with van der Waals surface area (Å²) in [6.07, 6.45) is 0.615. The molecule has 3 N–H and O–H groups in total. The van der Waals surface area contributed by atoms with E-state index >= 15 is 0 Å². The highest BCUT2D eigenvalue weighted by atomic mass is 79.9. The molecule has 140 valence electrons. The van der Waals surface area contributed by atoms with E-state index in [1.165, 1.54) is 0 Å². The second-order valence-corrected chi connectivity index (χ2v) is 7.30. The lowest BCUT2D eigenvalue weighted by Crippen LogP contribution is -2.26. The summed E-state index contributed by atoms with van der Waals surface area (Å²) in [5.74, 6) is -0.537. The number of hydrogen-bond acceptors (Lipinski definition) is 3. The van der Waals surface area contributed by atoms with Gasteiger partial charge in [0.1, 0.15) is 0 Å². The predicted octanol–water partition coefficient (Wildman–Crippen LogP) is 5.13. The molecule has 3 rings (SSSR count). The Morgan fingerprint density at radius 2 is 2.04 bits per heavy atom. The number of halogens is 1. The van der Waals surface area contributed by atoms with Crippen LogP contribution >= 0.6 is 15.9 Å². The topological polar surface area (TPSA) is 108 Å². The second kappa shape index (κ2) is 7.40. The van der Waals surface area contributed by atoms with Crippen molar-refractivity contribution in [1.82, 2.24) is 4.98 Å². The van der Waals surface area contributed by atoms with Crippen molar-refractivity contribution >= 4 is 38.6 Å². The van der Waals surface area contributed by atoms with Crippen LogP contribution in [0.25, 0.3) is 10.9 Å². The number of carboxylic acid groups (broad SMARTS) is 1. The van der Waals surface area contributed by atoms with Crippen LogP contribution in [0.5, 0.6) is 0 Å². The molecule has 0 aliphatic heterocycles. The van der Waals surface area contributed by atoms with E-state index in [-0.39, 0.29) is 4.92 Å². The smallest absolute Gasteiger partial charge is 0.409 e. The van der Waals surface area contributed by atoms with Gasteiger partial charge in [0.25, 0.3) is 0 Å². The van der Waals surface area contributed by atoms with Crippen molar-refractivity contribution < 1.29 is 14.8 Å². The molecule has 2 aromatic carbocycles. The molecule has 7 nitrogen and oxygen atoms in total. The molecule has 0 fully saturated rings. The first kappa shape index (κ1) is 18.9. The lowest BCUT2D eigenvalue weighted by Gasteiger charge is -2.22. The van der Waals surface area contributed by atoms with Gasteiger partial charge in [0, 0.05) is 39.1 Å². The lowest BCUT2D eigenvalue weighted by molar-refractivity contribution is -0.520. The Hall–Kier alpha value is -2.87. The fourth-order valence-electron chi connectivity index (χ4n) is 3.43. The number of amides is 1. The minimum Gasteiger partial charge on any atom is -0.465 e. The van der Waals surface area contributed by atoms with E-state index in [2.05, 4.69) is 26.2 Å². The van der Waals surface area contributed by atoms with Crippen LogP contribution in [0.1, 0.15) is 29.5 Å². The Morgan fingerprint density at radius 3 is 2.70 bits per heavy atom. The van der Waals surface area contributed by atoms with Crippen molar-refractivity contribution in [2.45, 2.75) is 25.8 Å². The van der Waals surface area contributed by atoms with Gasteiger partial charge in [0.05, 0.1) is 5.92 Å². The minimum atomic E-state index is -1.17. The number of anilines is 1. The number of nitrogens with zero attached hydrogens (tertiary/aromatic N) is 1. The first-order chi connectivity index (χ1) is 12.8. The third-order valence-electron chi connectivity index (χ3n) is 4.78. The summed E-state index contributed by atoms with van der Waals surface area (Å²) >= 11 is 3.43. The zero-order chi connectivity index (χ0) is 19.7. The average molecular weight is 432 g/mol. The van der Waals surface area contributed by atoms with Gasteiger partial charge in [0.15, 0.2) is 0 Å². The molecule has 2 unspecified atom stereocenters. The zero-order valence-corrected chi connectivity index (χ0v) is 16.3. The Bertz CT molecular complexity index is 1030. The average Bonchev–Trinajstić information content (AvgIpc) is 3.00. The highest BCUT2D eigenvalue weighted by Crippen LogP contribution is 2.38. The number of fused-ring (bicyclic) bond motifs is 1. The number of hydrogen-bond donors (Lipinski definition) is 3. The number of H-pyrrole nitrogens is 1. The molecule has 0 aliphatic carbocycles. The maximum atomic E-state index is 11.7. The van der Waals surface area contributed by atoms with Crippen molar-refractivity contribution in [2.75, 3.05) is 5.32 Å². The van der Waals surface area contributed by atoms with Gasteiger partial charge < -0.3 is 10.1 Å². The fourth-order valence-corrected chi connectivity index (χ4v) is 3.79. The number of aromatic amines is 1. The summed E-state index contributed by atoms with van der Waals surface area (Å²) in [4.78, 5) is 25.6. The summed E-state index contributed by atoms with van der Waals surface area (Å²) in [7, 11) is 0. The van der Waals surface area contributed by atoms with Gasteiger partial charge in [-0.05, 0) is 41.8 Å². The van der Waals surface area contributed by atoms with E-state index in [4.69, 9.17) is 5.11 Å². The van der Waals surface area contributed by atoms with Crippen LogP contribution in [0.3, 0.4) is 0 Å². The Morgan fingerprint density at radius 1 is 1.30 bits per heavy atom. The lowest BCUT2D eigenvalue weighted by atomic mass is 9.83. The zero-order valence-electron chi connectivity index (χ0n) is 14.7. The molecular formula is C19H18BrN3O4. The highest BCUT2D eigenvalue weighted by Gasteiger charge is 2.33. The molecule has 1 aromatic heterocycles. The van der Waals surface area contributed by atoms with E-state index < -0.39 is 18.1 Å². The van der Waals surface area contributed by atoms with Crippen molar-refractivity contribution in [3.8, 4) is 0 Å². The summed E-state index contributed by atoms with van der Waals surface area (Å²) in [6, 6.07) is 9.99. The normalized spacial score (nSPS) is 13.3. The predicted molar refractivity (Wildman–Crippen MR) is 107 cm³/mol. The Kier molecular flexibility index (Phi) is 5.18. The largest absolute Gasteiger partial charge is 0.465 e. The van der Waals surface area contributed by atoms with Crippen LogP contribution in [0.4, 0.5) is 10.5 Å². The second-order valence-electron chi connectivity index (χ2n) is 6.39. The Balaban J connectivity index is 2.21. The van der Waals surface area contributed by atoms with Gasteiger partial charge in [-0.15, -0.1) is 0 Å². The van der Waals surface area contributed by atoms with Crippen LogP contribution in [-0.2, 0) is 0 Å². The maximum absolute atomic E-state index is 11.7. The molecule has 0 aliphatic rings. The van der Waals surface area contributed by atoms with Crippen LogP contribution < -0.4 is 5.32 Å². The number of aromatic nitrogens is 1. The molecule has 0 saturated heterocycles. The van der Waals surface area contributed by atoms with Crippen molar-refractivity contribution in [2.24, 2.45) is 0 Å². The Labute approximate surface area is 163 Å². The summed E-state index contributed by atoms with van der Waals surface area (Å²) in [5.41, 5.74) is 3.48. The van der Waals surface area contributed by atoms with Gasteiger partial charge in [0.2, 0.25) is 6.04 Å². The van der Waals surface area contributed by atoms with E-state index in [1.54, 1.807) is 32.2 Å². The summed E-state index contributed by atoms with van der Waals surface area (Å²) < 4.78 is 0.908. The number of benzene rings is 2. The summed E-state index contributed by atoms with van der Waals surface area (Å²) in [6.45, 7) is 3.34. The van der Waals surface area contributed by atoms with Gasteiger partial charge >= 0.3 is 6.09 Å². The molecule has 0 bridgehead atoms. The van der Waals surface area contributed by atoms with Crippen LogP contribution in [0, 0.1) is 17.0 Å². The molecular weight excluding hydrogens is 414 g/mol. The fraction of sp³-hybridized carbons (Fsp3) is 0.211. The van der Waals surface area contributed by atoms with Crippen LogP contribution in [-0.4, -0.2) is 27.1 Å². The molecule has 3 aromatic rings. The van der Waals surface area contributed by atoms with E-state index in [0.29, 0.717) is 16.8 Å². The number of rotatable bonds is 5. The maximum Gasteiger partial charge on any atom is 0.409 e. The molecule has 0 spiro atoms. The van der Waals surface area contributed by atoms with Crippen molar-refractivity contribution in [3.05, 3.63) is 73.9 Å². The first-order valence-corrected chi connectivity index (χ1v) is 9.08. The highest BCUT2D eigenvalue weighted by molar-refractivity contribution is 9.10. The standard InChI is InChI=1S/C19H18BrN3O4/c1-10-13(4-3-5-16(10)22-19(24)25)18(11(2)23(26)27)15-9-21-17-8-12(20)6-7-14(15)17/h3-9,11,18,21-22H,1-2H3,(H,24,25). The van der Waals surface area contributed by atoms with Gasteiger partial charge in [-0.2, -0.15) is 0 Å².